The fraction of sp³-hybridized carbons (Fsp3) is 0.471. The number of nitrogens with one attached hydrogen (secondary N) is 1. The lowest BCUT2D eigenvalue weighted by molar-refractivity contribution is 0.325. The quantitative estimate of drug-likeness (QED) is 0.925. The molecule has 2 aromatic rings. The van der Waals surface area contributed by atoms with E-state index in [1.807, 2.05) is 6.20 Å². The van der Waals surface area contributed by atoms with Gasteiger partial charge in [-0.3, -0.25) is 4.68 Å². The summed E-state index contributed by atoms with van der Waals surface area (Å²) in [6, 6.07) is 11.4. The average molecular weight is 269 g/mol. The first kappa shape index (κ1) is 13.4. The van der Waals surface area contributed by atoms with Gasteiger partial charge in [-0.1, -0.05) is 24.3 Å². The lowest BCUT2D eigenvalue weighted by Crippen LogP contribution is -2.31. The van der Waals surface area contributed by atoms with Crippen LogP contribution in [0.25, 0.3) is 0 Å². The van der Waals surface area contributed by atoms with Crippen LogP contribution in [-0.4, -0.2) is 16.8 Å². The lowest BCUT2D eigenvalue weighted by atomic mass is 9.79. The van der Waals surface area contributed by atoms with Crippen LogP contribution in [0.15, 0.2) is 36.5 Å². The number of hydrogen-bond donors (Lipinski definition) is 1. The average Bonchev–Trinajstić information content (AvgIpc) is 2.96. The summed E-state index contributed by atoms with van der Waals surface area (Å²) in [7, 11) is 2.07. The van der Waals surface area contributed by atoms with Crippen LogP contribution in [0.2, 0.25) is 0 Å². The van der Waals surface area contributed by atoms with Gasteiger partial charge in [0.15, 0.2) is 0 Å². The first-order valence-corrected chi connectivity index (χ1v) is 7.59. The standard InChI is InChI=1S/C17H23N3/c1-3-20-16(10-11-19-20)17(18-2)15-9-8-13-6-4-5-7-14(13)12-15/h4-7,10-11,15,17-18H,3,8-9,12H2,1-2H3. The molecule has 2 unspecified atom stereocenters. The highest BCUT2D eigenvalue weighted by Crippen LogP contribution is 2.33. The second-order valence-electron chi connectivity index (χ2n) is 5.61. The smallest absolute Gasteiger partial charge is 0.0556 e. The Balaban J connectivity index is 1.85. The predicted molar refractivity (Wildman–Crippen MR) is 81.7 cm³/mol. The van der Waals surface area contributed by atoms with Crippen molar-refractivity contribution in [3.05, 3.63) is 53.3 Å². The van der Waals surface area contributed by atoms with Crippen molar-refractivity contribution in [2.75, 3.05) is 7.05 Å². The molecule has 1 aliphatic rings. The molecule has 1 aromatic heterocycles. The van der Waals surface area contributed by atoms with Crippen LogP contribution >= 0.6 is 0 Å². The largest absolute Gasteiger partial charge is 0.311 e. The highest BCUT2D eigenvalue weighted by Gasteiger charge is 2.28. The minimum Gasteiger partial charge on any atom is -0.311 e. The zero-order valence-corrected chi connectivity index (χ0v) is 12.3. The topological polar surface area (TPSA) is 29.9 Å². The van der Waals surface area contributed by atoms with Crippen molar-refractivity contribution in [1.82, 2.24) is 15.1 Å². The lowest BCUT2D eigenvalue weighted by Gasteiger charge is -2.31. The number of nitrogens with zero attached hydrogens (tertiary/aromatic N) is 2. The zero-order chi connectivity index (χ0) is 13.9. The molecule has 106 valence electrons. The number of benzene rings is 1. The third-order valence-electron chi connectivity index (χ3n) is 4.53. The summed E-state index contributed by atoms with van der Waals surface area (Å²) in [4.78, 5) is 0. The number of fused-ring (bicyclic) bond motifs is 1. The molecule has 0 amide bonds. The maximum absolute atomic E-state index is 4.42. The van der Waals surface area contributed by atoms with Gasteiger partial charge in [0, 0.05) is 12.7 Å². The highest BCUT2D eigenvalue weighted by atomic mass is 15.3. The van der Waals surface area contributed by atoms with Gasteiger partial charge in [-0.05, 0) is 56.3 Å². The van der Waals surface area contributed by atoms with Gasteiger partial charge < -0.3 is 5.32 Å². The molecule has 20 heavy (non-hydrogen) atoms. The SMILES string of the molecule is CCn1nccc1C(NC)C1CCc2ccccc2C1. The third kappa shape index (κ3) is 2.38. The van der Waals surface area contributed by atoms with Gasteiger partial charge in [-0.15, -0.1) is 0 Å². The first-order chi connectivity index (χ1) is 9.83. The number of aryl methyl sites for hydroxylation is 2. The maximum atomic E-state index is 4.42. The molecule has 0 saturated heterocycles. The number of rotatable bonds is 4. The van der Waals surface area contributed by atoms with Gasteiger partial charge in [0.2, 0.25) is 0 Å². The van der Waals surface area contributed by atoms with E-state index in [0.29, 0.717) is 12.0 Å². The van der Waals surface area contributed by atoms with E-state index in [1.54, 1.807) is 0 Å². The van der Waals surface area contributed by atoms with Gasteiger partial charge in [0.1, 0.15) is 0 Å². The first-order valence-electron chi connectivity index (χ1n) is 7.59. The predicted octanol–water partition coefficient (Wildman–Crippen LogP) is 2.97. The Morgan fingerprint density at radius 2 is 2.10 bits per heavy atom. The Morgan fingerprint density at radius 1 is 1.30 bits per heavy atom. The summed E-state index contributed by atoms with van der Waals surface area (Å²) in [6.07, 6.45) is 5.52. The van der Waals surface area contributed by atoms with Crippen LogP contribution in [0.3, 0.4) is 0 Å². The van der Waals surface area contributed by atoms with Crippen molar-refractivity contribution in [2.45, 2.75) is 38.8 Å². The van der Waals surface area contributed by atoms with Crippen LogP contribution in [-0.2, 0) is 19.4 Å². The molecular formula is C17H23N3. The zero-order valence-electron chi connectivity index (χ0n) is 12.3. The van der Waals surface area contributed by atoms with E-state index in [1.165, 1.54) is 29.7 Å². The molecule has 3 heteroatoms. The molecular weight excluding hydrogens is 246 g/mol. The highest BCUT2D eigenvalue weighted by molar-refractivity contribution is 5.30. The van der Waals surface area contributed by atoms with E-state index in [0.717, 1.165) is 13.0 Å². The van der Waals surface area contributed by atoms with Crippen LogP contribution in [0, 0.1) is 5.92 Å². The van der Waals surface area contributed by atoms with E-state index < -0.39 is 0 Å². The summed E-state index contributed by atoms with van der Waals surface area (Å²) < 4.78 is 2.11. The summed E-state index contributed by atoms with van der Waals surface area (Å²) in [6.45, 7) is 3.09. The fourth-order valence-electron chi connectivity index (χ4n) is 3.51. The summed E-state index contributed by atoms with van der Waals surface area (Å²) in [5.74, 6) is 0.650. The van der Waals surface area contributed by atoms with Gasteiger partial charge in [0.25, 0.3) is 0 Å². The van der Waals surface area contributed by atoms with Crippen molar-refractivity contribution in [1.29, 1.82) is 0 Å². The minimum atomic E-state index is 0.394. The number of hydrogen-bond acceptors (Lipinski definition) is 2. The van der Waals surface area contributed by atoms with E-state index in [4.69, 9.17) is 0 Å². The fourth-order valence-corrected chi connectivity index (χ4v) is 3.51. The Morgan fingerprint density at radius 3 is 2.85 bits per heavy atom. The Bertz CT molecular complexity index is 573. The molecule has 1 aromatic carbocycles. The van der Waals surface area contributed by atoms with E-state index >= 15 is 0 Å². The number of aromatic nitrogens is 2. The molecule has 0 fully saturated rings. The summed E-state index contributed by atoms with van der Waals surface area (Å²) in [5, 5.41) is 7.94. The van der Waals surface area contributed by atoms with Gasteiger partial charge in [-0.2, -0.15) is 5.10 Å². The van der Waals surface area contributed by atoms with Gasteiger partial charge in [-0.25, -0.2) is 0 Å². The molecule has 3 rings (SSSR count). The second-order valence-corrected chi connectivity index (χ2v) is 5.61. The van der Waals surface area contributed by atoms with Crippen LogP contribution in [0.5, 0.6) is 0 Å². The molecule has 0 saturated carbocycles. The third-order valence-corrected chi connectivity index (χ3v) is 4.53. The monoisotopic (exact) mass is 269 g/mol. The molecule has 0 radical (unpaired) electrons. The van der Waals surface area contributed by atoms with Crippen LogP contribution in [0.1, 0.15) is 36.2 Å². The maximum Gasteiger partial charge on any atom is 0.0556 e. The molecule has 0 bridgehead atoms. The van der Waals surface area contributed by atoms with Gasteiger partial charge >= 0.3 is 0 Å². The molecule has 1 aliphatic carbocycles. The molecule has 2 atom stereocenters. The van der Waals surface area contributed by atoms with E-state index in [-0.39, 0.29) is 0 Å². The normalized spacial score (nSPS) is 19.6. The Kier molecular flexibility index (Phi) is 3.88. The van der Waals surface area contributed by atoms with Crippen molar-refractivity contribution in [3.63, 3.8) is 0 Å². The van der Waals surface area contributed by atoms with Crippen LogP contribution < -0.4 is 5.32 Å². The minimum absolute atomic E-state index is 0.394. The Hall–Kier alpha value is -1.61. The van der Waals surface area contributed by atoms with Crippen LogP contribution in [0.4, 0.5) is 0 Å². The molecule has 1 N–H and O–H groups in total. The second kappa shape index (κ2) is 5.80. The molecule has 1 heterocycles. The van der Waals surface area contributed by atoms with Crippen molar-refractivity contribution in [2.24, 2.45) is 5.92 Å². The Labute approximate surface area is 121 Å². The van der Waals surface area contributed by atoms with E-state index in [9.17, 15) is 0 Å². The van der Waals surface area contributed by atoms with Crippen molar-refractivity contribution in [3.8, 4) is 0 Å². The molecule has 0 aliphatic heterocycles. The molecule has 3 nitrogen and oxygen atoms in total. The van der Waals surface area contributed by atoms with Gasteiger partial charge in [0.05, 0.1) is 11.7 Å². The summed E-state index contributed by atoms with van der Waals surface area (Å²) >= 11 is 0. The van der Waals surface area contributed by atoms with Crippen molar-refractivity contribution >= 4 is 0 Å². The van der Waals surface area contributed by atoms with E-state index in [2.05, 4.69) is 59.4 Å². The summed E-state index contributed by atoms with van der Waals surface area (Å²) in [5.41, 5.74) is 4.37. The van der Waals surface area contributed by atoms with Crippen molar-refractivity contribution < 1.29 is 0 Å². The molecule has 0 spiro atoms.